The predicted octanol–water partition coefficient (Wildman–Crippen LogP) is -0.618. The van der Waals surface area contributed by atoms with E-state index in [0.29, 0.717) is 0 Å². The molecule has 2 radical (unpaired) electrons. The Bertz CT molecular complexity index is 315. The molecule has 0 amide bonds. The van der Waals surface area contributed by atoms with E-state index in [-0.39, 0.29) is 82.1 Å². The van der Waals surface area contributed by atoms with Crippen molar-refractivity contribution in [3.05, 3.63) is 0 Å². The van der Waals surface area contributed by atoms with Crippen molar-refractivity contribution in [2.24, 2.45) is 0 Å². The Morgan fingerprint density at radius 2 is 1.00 bits per heavy atom. The predicted molar refractivity (Wildman–Crippen MR) is 69.3 cm³/mol. The van der Waals surface area contributed by atoms with E-state index < -0.39 is 20.2 Å². The van der Waals surface area contributed by atoms with Crippen molar-refractivity contribution >= 4 is 101 Å². The molecule has 0 saturated heterocycles. The first-order valence-electron chi connectivity index (χ1n) is 3.35. The Morgan fingerprint density at radius 1 is 0.750 bits per heavy atom. The van der Waals surface area contributed by atoms with E-state index in [1.165, 1.54) is 0 Å². The standard InChI is InChI=1S/C4H10O6S4.2Na/c5-13(6,7)3-1-11-12-2-4-14(8,9)10;;/h1-4H2,(H,5,6,7)(H,8,9,10);;. The molecule has 0 aromatic carbocycles. The van der Waals surface area contributed by atoms with Crippen molar-refractivity contribution in [2.45, 2.75) is 0 Å². The maximum absolute atomic E-state index is 10.2. The molecule has 0 atom stereocenters. The van der Waals surface area contributed by atoms with E-state index >= 15 is 0 Å². The van der Waals surface area contributed by atoms with Crippen LogP contribution in [0.15, 0.2) is 0 Å². The quantitative estimate of drug-likeness (QED) is 0.275. The number of hydrogen-bond acceptors (Lipinski definition) is 6. The summed E-state index contributed by atoms with van der Waals surface area (Å²) in [5, 5.41) is 0. The SMILES string of the molecule is O=S(=O)(O)CCSSCCS(=O)(=O)O.[Na].[Na]. The van der Waals surface area contributed by atoms with E-state index in [0.717, 1.165) is 21.6 Å². The van der Waals surface area contributed by atoms with Crippen LogP contribution in [0, 0.1) is 0 Å². The van der Waals surface area contributed by atoms with Gasteiger partial charge in [0.25, 0.3) is 20.2 Å². The zero-order chi connectivity index (χ0) is 11.2. The fraction of sp³-hybridized carbons (Fsp3) is 1.00. The van der Waals surface area contributed by atoms with Crippen LogP contribution in [0.3, 0.4) is 0 Å². The summed E-state index contributed by atoms with van der Waals surface area (Å²) in [4.78, 5) is 0. The third-order valence-corrected chi connectivity index (χ3v) is 5.30. The van der Waals surface area contributed by atoms with Gasteiger partial charge in [-0.15, -0.1) is 0 Å². The molecule has 0 heterocycles. The van der Waals surface area contributed by atoms with Gasteiger partial charge in [-0.05, 0) is 0 Å². The Balaban J connectivity index is -0.000000845. The molecule has 0 aromatic heterocycles. The van der Waals surface area contributed by atoms with E-state index in [2.05, 4.69) is 0 Å². The molecule has 16 heavy (non-hydrogen) atoms. The smallest absolute Gasteiger partial charge is 0.265 e. The zero-order valence-electron chi connectivity index (χ0n) is 8.99. The van der Waals surface area contributed by atoms with Crippen LogP contribution in [-0.4, -0.2) is 108 Å². The summed E-state index contributed by atoms with van der Waals surface area (Å²) >= 11 is 0. The van der Waals surface area contributed by atoms with Gasteiger partial charge >= 0.3 is 0 Å². The molecule has 0 bridgehead atoms. The van der Waals surface area contributed by atoms with Crippen LogP contribution in [0.5, 0.6) is 0 Å². The van der Waals surface area contributed by atoms with Crippen LogP contribution in [0.2, 0.25) is 0 Å². The average molecular weight is 328 g/mol. The van der Waals surface area contributed by atoms with Crippen molar-refractivity contribution in [1.82, 2.24) is 0 Å². The molecule has 6 nitrogen and oxygen atoms in total. The van der Waals surface area contributed by atoms with Crippen molar-refractivity contribution in [3.63, 3.8) is 0 Å². The van der Waals surface area contributed by atoms with Gasteiger partial charge in [0.15, 0.2) is 0 Å². The molecule has 2 N–H and O–H groups in total. The minimum Gasteiger partial charge on any atom is -0.286 e. The molecule has 0 unspecified atom stereocenters. The fourth-order valence-corrected chi connectivity index (χ4v) is 4.79. The van der Waals surface area contributed by atoms with E-state index in [1.807, 2.05) is 0 Å². The summed E-state index contributed by atoms with van der Waals surface area (Å²) < 4.78 is 57.5. The normalized spacial score (nSPS) is 11.4. The van der Waals surface area contributed by atoms with Gasteiger partial charge in [-0.25, -0.2) is 0 Å². The molecule has 0 aromatic rings. The van der Waals surface area contributed by atoms with E-state index in [9.17, 15) is 16.8 Å². The first-order valence-corrected chi connectivity index (χ1v) is 9.06. The van der Waals surface area contributed by atoms with Crippen molar-refractivity contribution in [1.29, 1.82) is 0 Å². The molecule has 0 aliphatic heterocycles. The summed E-state index contributed by atoms with van der Waals surface area (Å²) in [5.74, 6) is -0.378. The molecule has 0 aliphatic rings. The maximum atomic E-state index is 10.2. The third kappa shape index (κ3) is 21.8. The van der Waals surface area contributed by atoms with Crippen LogP contribution in [0.25, 0.3) is 0 Å². The van der Waals surface area contributed by atoms with Gasteiger partial charge in [0.2, 0.25) is 0 Å². The third-order valence-electron chi connectivity index (χ3n) is 0.933. The molecule has 12 heteroatoms. The minimum atomic E-state index is -3.94. The molecular weight excluding hydrogens is 318 g/mol. The minimum absolute atomic E-state index is 0. The van der Waals surface area contributed by atoms with Gasteiger partial charge in [-0.1, -0.05) is 21.6 Å². The molecular formula is C4H10Na2O6S4. The second-order valence-electron chi connectivity index (χ2n) is 2.22. The number of hydrogen-bond donors (Lipinski definition) is 2. The van der Waals surface area contributed by atoms with Crippen molar-refractivity contribution in [2.75, 3.05) is 23.0 Å². The number of rotatable bonds is 7. The first kappa shape index (κ1) is 23.6. The fourth-order valence-electron chi connectivity index (χ4n) is 0.397. The Morgan fingerprint density at radius 3 is 1.19 bits per heavy atom. The Hall–Kier alpha value is 2.52. The van der Waals surface area contributed by atoms with Crippen molar-refractivity contribution < 1.29 is 25.9 Å². The Labute approximate surface area is 148 Å². The van der Waals surface area contributed by atoms with Gasteiger partial charge in [-0.3, -0.25) is 9.11 Å². The van der Waals surface area contributed by atoms with Gasteiger partial charge in [0, 0.05) is 70.6 Å². The second-order valence-corrected chi connectivity index (χ2v) is 8.06. The molecule has 0 aliphatic carbocycles. The monoisotopic (exact) mass is 328 g/mol. The van der Waals surface area contributed by atoms with Crippen molar-refractivity contribution in [3.8, 4) is 0 Å². The maximum Gasteiger partial charge on any atom is 0.265 e. The van der Waals surface area contributed by atoms with Gasteiger partial charge in [0.05, 0.1) is 11.5 Å². The van der Waals surface area contributed by atoms with E-state index in [4.69, 9.17) is 9.11 Å². The first-order chi connectivity index (χ1) is 6.21. The topological polar surface area (TPSA) is 109 Å². The van der Waals surface area contributed by atoms with Gasteiger partial charge < -0.3 is 0 Å². The second kappa shape index (κ2) is 11.4. The zero-order valence-corrected chi connectivity index (χ0v) is 16.3. The summed E-state index contributed by atoms with van der Waals surface area (Å²) in [7, 11) is -5.64. The van der Waals surface area contributed by atoms with Crippen LogP contribution in [-0.2, 0) is 20.2 Å². The largest absolute Gasteiger partial charge is 0.286 e. The molecule has 0 fully saturated rings. The van der Waals surface area contributed by atoms with Crippen LogP contribution < -0.4 is 0 Å². The molecule has 0 rings (SSSR count). The van der Waals surface area contributed by atoms with Crippen LogP contribution in [0.1, 0.15) is 0 Å². The van der Waals surface area contributed by atoms with Crippen LogP contribution >= 0.6 is 21.6 Å². The summed E-state index contributed by atoms with van der Waals surface area (Å²) in [6.45, 7) is 0. The summed E-state index contributed by atoms with van der Waals surface area (Å²) in [6.07, 6.45) is 0. The summed E-state index contributed by atoms with van der Waals surface area (Å²) in [6, 6.07) is 0. The molecule has 0 spiro atoms. The van der Waals surface area contributed by atoms with Crippen LogP contribution in [0.4, 0.5) is 0 Å². The molecule has 0 saturated carbocycles. The van der Waals surface area contributed by atoms with Gasteiger partial charge in [-0.2, -0.15) is 16.8 Å². The van der Waals surface area contributed by atoms with Gasteiger partial charge in [0.1, 0.15) is 0 Å². The Kier molecular flexibility index (Phi) is 16.7. The van der Waals surface area contributed by atoms with E-state index in [1.54, 1.807) is 0 Å². The molecule has 88 valence electrons. The average Bonchev–Trinajstić information content (AvgIpc) is 1.92. The summed E-state index contributed by atoms with van der Waals surface area (Å²) in [5.41, 5.74) is 0.